The van der Waals surface area contributed by atoms with Gasteiger partial charge in [0.15, 0.2) is 0 Å². The first kappa shape index (κ1) is 18.9. The molecule has 1 aliphatic rings. The van der Waals surface area contributed by atoms with Gasteiger partial charge >= 0.3 is 0 Å². The highest BCUT2D eigenvalue weighted by molar-refractivity contribution is 7.89. The van der Waals surface area contributed by atoms with Gasteiger partial charge in [-0.05, 0) is 43.0 Å². The number of aliphatic hydroxyl groups is 1. The van der Waals surface area contributed by atoms with Crippen molar-refractivity contribution in [3.63, 3.8) is 0 Å². The van der Waals surface area contributed by atoms with Gasteiger partial charge in [-0.25, -0.2) is 23.1 Å². The highest BCUT2D eigenvalue weighted by Crippen LogP contribution is 2.31. The number of hydrogen-bond donors (Lipinski definition) is 3. The standard InChI is InChI=1S/C19H23N5O3S/c1-24(19-17-5-7-20-18(17)21-12-22-19)15-10-14(11-15)23-28(26,27)16-4-2-3-13(9-16)6-8-25/h2-5,7,9,12,14-15,23,25H,6,8,10-11H2,1H3,(H,20,21,22). The highest BCUT2D eigenvalue weighted by atomic mass is 32.2. The molecule has 8 nitrogen and oxygen atoms in total. The van der Waals surface area contributed by atoms with Crippen molar-refractivity contribution in [3.05, 3.63) is 48.4 Å². The van der Waals surface area contributed by atoms with Gasteiger partial charge in [0.2, 0.25) is 10.0 Å². The molecule has 1 aliphatic carbocycles. The van der Waals surface area contributed by atoms with Crippen LogP contribution in [0.2, 0.25) is 0 Å². The topological polar surface area (TPSA) is 111 Å². The number of nitrogens with zero attached hydrogens (tertiary/aromatic N) is 3. The Morgan fingerprint density at radius 3 is 2.89 bits per heavy atom. The molecule has 0 atom stereocenters. The molecule has 0 spiro atoms. The minimum atomic E-state index is -3.58. The molecule has 2 aromatic heterocycles. The SMILES string of the molecule is CN(c1ncnc2[nH]ccc12)C1CC(NS(=O)(=O)c2cccc(CCO)c2)C1. The maximum atomic E-state index is 12.7. The van der Waals surface area contributed by atoms with E-state index in [1.165, 1.54) is 6.33 Å². The maximum absolute atomic E-state index is 12.7. The van der Waals surface area contributed by atoms with Gasteiger partial charge in [-0.15, -0.1) is 0 Å². The van der Waals surface area contributed by atoms with Gasteiger partial charge in [0, 0.05) is 31.9 Å². The minimum Gasteiger partial charge on any atom is -0.396 e. The quantitative estimate of drug-likeness (QED) is 0.552. The van der Waals surface area contributed by atoms with Crippen molar-refractivity contribution in [2.45, 2.75) is 36.2 Å². The normalized spacial score (nSPS) is 19.5. The number of benzene rings is 1. The largest absolute Gasteiger partial charge is 0.396 e. The van der Waals surface area contributed by atoms with Crippen LogP contribution in [-0.2, 0) is 16.4 Å². The molecule has 3 aromatic rings. The van der Waals surface area contributed by atoms with E-state index in [4.69, 9.17) is 5.11 Å². The Morgan fingerprint density at radius 1 is 1.29 bits per heavy atom. The summed E-state index contributed by atoms with van der Waals surface area (Å²) in [5.41, 5.74) is 1.59. The minimum absolute atomic E-state index is 0.00891. The van der Waals surface area contributed by atoms with Crippen LogP contribution in [0.1, 0.15) is 18.4 Å². The number of hydrogen-bond acceptors (Lipinski definition) is 6. The number of aromatic nitrogens is 3. The predicted molar refractivity (Wildman–Crippen MR) is 107 cm³/mol. The summed E-state index contributed by atoms with van der Waals surface area (Å²) in [6.07, 6.45) is 5.22. The van der Waals surface area contributed by atoms with E-state index < -0.39 is 10.0 Å². The third-order valence-corrected chi connectivity index (χ3v) is 6.78. The Morgan fingerprint density at radius 2 is 2.11 bits per heavy atom. The van der Waals surface area contributed by atoms with Crippen molar-refractivity contribution in [1.29, 1.82) is 0 Å². The number of anilines is 1. The van der Waals surface area contributed by atoms with E-state index in [0.29, 0.717) is 19.3 Å². The van der Waals surface area contributed by atoms with E-state index in [1.54, 1.807) is 18.2 Å². The van der Waals surface area contributed by atoms with Crippen molar-refractivity contribution in [3.8, 4) is 0 Å². The Balaban J connectivity index is 1.41. The number of fused-ring (bicyclic) bond motifs is 1. The van der Waals surface area contributed by atoms with Crippen LogP contribution in [0.4, 0.5) is 5.82 Å². The summed E-state index contributed by atoms with van der Waals surface area (Å²) in [5, 5.41) is 10.0. The van der Waals surface area contributed by atoms with Crippen molar-refractivity contribution >= 4 is 26.9 Å². The molecule has 1 saturated carbocycles. The van der Waals surface area contributed by atoms with Crippen LogP contribution in [0, 0.1) is 0 Å². The molecule has 0 radical (unpaired) electrons. The van der Waals surface area contributed by atoms with Gasteiger partial charge < -0.3 is 15.0 Å². The molecule has 4 rings (SSSR count). The molecule has 1 fully saturated rings. The number of rotatable bonds is 7. The number of aromatic amines is 1. The van der Waals surface area contributed by atoms with E-state index >= 15 is 0 Å². The van der Waals surface area contributed by atoms with Crippen LogP contribution < -0.4 is 9.62 Å². The van der Waals surface area contributed by atoms with Crippen LogP contribution in [-0.4, -0.2) is 54.2 Å². The number of nitrogens with one attached hydrogen (secondary N) is 2. The summed E-state index contributed by atoms with van der Waals surface area (Å²) in [7, 11) is -1.61. The summed E-state index contributed by atoms with van der Waals surface area (Å²) >= 11 is 0. The monoisotopic (exact) mass is 401 g/mol. The molecule has 28 heavy (non-hydrogen) atoms. The predicted octanol–water partition coefficient (Wildman–Crippen LogP) is 1.44. The van der Waals surface area contributed by atoms with Crippen molar-refractivity contribution < 1.29 is 13.5 Å². The number of sulfonamides is 1. The third kappa shape index (κ3) is 3.60. The van der Waals surface area contributed by atoms with Gasteiger partial charge in [0.25, 0.3) is 0 Å². The summed E-state index contributed by atoms with van der Waals surface area (Å²) in [5.74, 6) is 0.842. The average molecular weight is 401 g/mol. The van der Waals surface area contributed by atoms with Gasteiger partial charge in [-0.1, -0.05) is 12.1 Å². The first-order valence-corrected chi connectivity index (χ1v) is 10.7. The van der Waals surface area contributed by atoms with Gasteiger partial charge in [-0.2, -0.15) is 0 Å². The van der Waals surface area contributed by atoms with E-state index in [-0.39, 0.29) is 23.6 Å². The summed E-state index contributed by atoms with van der Waals surface area (Å²) < 4.78 is 28.1. The lowest BCUT2D eigenvalue weighted by molar-refractivity contribution is 0.299. The van der Waals surface area contributed by atoms with Crippen LogP contribution in [0.5, 0.6) is 0 Å². The third-order valence-electron chi connectivity index (χ3n) is 5.26. The summed E-state index contributed by atoms with van der Waals surface area (Å²) in [4.78, 5) is 14.0. The molecule has 1 aromatic carbocycles. The van der Waals surface area contributed by atoms with Crippen LogP contribution in [0.3, 0.4) is 0 Å². The molecular formula is C19H23N5O3S. The van der Waals surface area contributed by atoms with Crippen molar-refractivity contribution in [1.82, 2.24) is 19.7 Å². The van der Waals surface area contributed by atoms with E-state index in [9.17, 15) is 8.42 Å². The summed E-state index contributed by atoms with van der Waals surface area (Å²) in [6, 6.07) is 8.75. The lowest BCUT2D eigenvalue weighted by Gasteiger charge is -2.41. The Bertz CT molecular complexity index is 1080. The lowest BCUT2D eigenvalue weighted by atomic mass is 9.86. The smallest absolute Gasteiger partial charge is 0.240 e. The fourth-order valence-corrected chi connectivity index (χ4v) is 4.93. The van der Waals surface area contributed by atoms with Crippen molar-refractivity contribution in [2.24, 2.45) is 0 Å². The van der Waals surface area contributed by atoms with Crippen molar-refractivity contribution in [2.75, 3.05) is 18.6 Å². The zero-order valence-electron chi connectivity index (χ0n) is 15.5. The number of H-pyrrole nitrogens is 1. The first-order valence-electron chi connectivity index (χ1n) is 9.21. The van der Waals surface area contributed by atoms with E-state index in [2.05, 4.69) is 24.6 Å². The maximum Gasteiger partial charge on any atom is 0.240 e. The first-order chi connectivity index (χ1) is 13.5. The van der Waals surface area contributed by atoms with E-state index in [0.717, 1.165) is 22.4 Å². The fourth-order valence-electron chi connectivity index (χ4n) is 3.60. The van der Waals surface area contributed by atoms with Gasteiger partial charge in [0.05, 0.1) is 10.3 Å². The molecule has 2 heterocycles. The molecule has 0 amide bonds. The van der Waals surface area contributed by atoms with Crippen LogP contribution in [0.25, 0.3) is 11.0 Å². The van der Waals surface area contributed by atoms with Crippen LogP contribution >= 0.6 is 0 Å². The molecule has 0 unspecified atom stereocenters. The molecular weight excluding hydrogens is 378 g/mol. The Hall–Kier alpha value is -2.49. The second kappa shape index (κ2) is 7.50. The number of aliphatic hydroxyl groups excluding tert-OH is 1. The molecule has 9 heteroatoms. The molecule has 148 valence electrons. The molecule has 0 aliphatic heterocycles. The Labute approximate surface area is 163 Å². The fraction of sp³-hybridized carbons (Fsp3) is 0.368. The Kier molecular flexibility index (Phi) is 5.05. The summed E-state index contributed by atoms with van der Waals surface area (Å²) in [6.45, 7) is -0.00891. The molecule has 0 bridgehead atoms. The zero-order chi connectivity index (χ0) is 19.7. The van der Waals surface area contributed by atoms with E-state index in [1.807, 2.05) is 25.4 Å². The zero-order valence-corrected chi connectivity index (χ0v) is 16.4. The highest BCUT2D eigenvalue weighted by Gasteiger charge is 2.36. The average Bonchev–Trinajstić information content (AvgIpc) is 3.13. The molecule has 3 N–H and O–H groups in total. The van der Waals surface area contributed by atoms with Crippen LogP contribution in [0.15, 0.2) is 47.8 Å². The molecule has 0 saturated heterocycles. The second-order valence-electron chi connectivity index (χ2n) is 7.11. The lowest BCUT2D eigenvalue weighted by Crippen LogP contribution is -2.53. The second-order valence-corrected chi connectivity index (χ2v) is 8.83. The van der Waals surface area contributed by atoms with Gasteiger partial charge in [0.1, 0.15) is 17.8 Å². The van der Waals surface area contributed by atoms with Gasteiger partial charge in [-0.3, -0.25) is 0 Å².